The maximum atomic E-state index is 13.3. The molecule has 0 saturated heterocycles. The largest absolute Gasteiger partial charge is 0.495 e. The number of fused-ring (bicyclic) bond motifs is 3. The van der Waals surface area contributed by atoms with Crippen LogP contribution in [-0.4, -0.2) is 36.3 Å². The van der Waals surface area contributed by atoms with Crippen LogP contribution in [0.4, 0.5) is 0 Å². The van der Waals surface area contributed by atoms with Gasteiger partial charge in [0.1, 0.15) is 17.4 Å². The third-order valence-corrected chi connectivity index (χ3v) is 7.45. The van der Waals surface area contributed by atoms with E-state index in [4.69, 9.17) is 20.8 Å². The van der Waals surface area contributed by atoms with E-state index in [-0.39, 0.29) is 5.75 Å². The monoisotopic (exact) mass is 520 g/mol. The van der Waals surface area contributed by atoms with E-state index in [1.165, 1.54) is 26.6 Å². The fraction of sp³-hybridized carbons (Fsp3) is 0.269. The summed E-state index contributed by atoms with van der Waals surface area (Å²) in [6.45, 7) is 8.12. The molecule has 1 aliphatic heterocycles. The van der Waals surface area contributed by atoms with Crippen molar-refractivity contribution in [1.29, 1.82) is 0 Å². The molecule has 0 radical (unpaired) electrons. The normalized spacial score (nSPS) is 28.9. The lowest BCUT2D eigenvalue weighted by molar-refractivity contribution is -0.146. The van der Waals surface area contributed by atoms with E-state index in [0.717, 1.165) is 10.0 Å². The summed E-state index contributed by atoms with van der Waals surface area (Å²) in [6, 6.07) is 15.4. The minimum Gasteiger partial charge on any atom is -0.495 e. The maximum Gasteiger partial charge on any atom is 0.317 e. The summed E-state index contributed by atoms with van der Waals surface area (Å²) in [7, 11) is 2.75. The number of carbonyl (C=O) groups is 1. The van der Waals surface area contributed by atoms with Crippen molar-refractivity contribution in [2.45, 2.75) is 23.2 Å². The summed E-state index contributed by atoms with van der Waals surface area (Å²) in [4.78, 5) is 21.3. The highest BCUT2D eigenvalue weighted by molar-refractivity contribution is 9.10. The molecule has 1 saturated carbocycles. The zero-order chi connectivity index (χ0) is 24.1. The lowest BCUT2D eigenvalue weighted by Crippen LogP contribution is -2.51. The average molecular weight is 521 g/mol. The summed E-state index contributed by atoms with van der Waals surface area (Å²) in [5.74, 6) is -1.76. The Morgan fingerprint density at radius 3 is 2.47 bits per heavy atom. The Labute approximate surface area is 205 Å². The summed E-state index contributed by atoms with van der Waals surface area (Å²) < 4.78 is 18.2. The molecule has 2 aliphatic rings. The number of nitrogens with zero attached hydrogens (tertiary/aromatic N) is 2. The Bertz CT molecular complexity index is 1290. The van der Waals surface area contributed by atoms with Gasteiger partial charge in [-0.1, -0.05) is 58.4 Å². The molecule has 7 nitrogen and oxygen atoms in total. The molecule has 8 heteroatoms. The number of benzene rings is 2. The highest BCUT2D eigenvalue weighted by atomic mass is 79.9. The topological polar surface area (TPSA) is 82.2 Å². The highest BCUT2D eigenvalue weighted by Crippen LogP contribution is 2.70. The predicted molar refractivity (Wildman–Crippen MR) is 126 cm³/mol. The number of aromatic nitrogens is 1. The minimum atomic E-state index is -1.94. The van der Waals surface area contributed by atoms with E-state index in [2.05, 4.69) is 25.8 Å². The van der Waals surface area contributed by atoms with Crippen LogP contribution >= 0.6 is 15.9 Å². The van der Waals surface area contributed by atoms with E-state index in [0.29, 0.717) is 16.9 Å². The minimum absolute atomic E-state index is 0.282. The number of carbonyl (C=O) groups excluding carboxylic acids is 1. The molecule has 1 aromatic heterocycles. The van der Waals surface area contributed by atoms with Gasteiger partial charge in [-0.25, -0.2) is 6.57 Å². The highest BCUT2D eigenvalue weighted by Gasteiger charge is 2.82. The van der Waals surface area contributed by atoms with Crippen molar-refractivity contribution < 1.29 is 24.1 Å². The van der Waals surface area contributed by atoms with Crippen LogP contribution in [0.1, 0.15) is 22.6 Å². The zero-order valence-electron chi connectivity index (χ0n) is 18.4. The average Bonchev–Trinajstić information content (AvgIpc) is 3.26. The fourth-order valence-corrected chi connectivity index (χ4v) is 5.93. The molecule has 0 spiro atoms. The van der Waals surface area contributed by atoms with Crippen molar-refractivity contribution >= 4 is 21.9 Å². The molecule has 1 aliphatic carbocycles. The Morgan fingerprint density at radius 2 is 1.85 bits per heavy atom. The molecule has 2 aromatic carbocycles. The van der Waals surface area contributed by atoms with Crippen molar-refractivity contribution in [2.24, 2.45) is 5.92 Å². The van der Waals surface area contributed by atoms with Crippen LogP contribution in [-0.2, 0) is 20.7 Å². The van der Waals surface area contributed by atoms with Crippen LogP contribution in [0.2, 0.25) is 0 Å². The van der Waals surface area contributed by atoms with Crippen molar-refractivity contribution in [3.8, 4) is 11.5 Å². The lowest BCUT2D eigenvalue weighted by Gasteiger charge is -2.39. The quantitative estimate of drug-likeness (QED) is 0.410. The second-order valence-electron chi connectivity index (χ2n) is 8.34. The zero-order valence-corrected chi connectivity index (χ0v) is 20.0. The summed E-state index contributed by atoms with van der Waals surface area (Å²) in [6.07, 6.45) is 2.98. The second kappa shape index (κ2) is 8.12. The summed E-state index contributed by atoms with van der Waals surface area (Å²) in [5.41, 5.74) is -1.80. The second-order valence-corrected chi connectivity index (χ2v) is 9.25. The van der Waals surface area contributed by atoms with Gasteiger partial charge in [0.2, 0.25) is 5.60 Å². The number of halogens is 1. The van der Waals surface area contributed by atoms with Gasteiger partial charge in [0.25, 0.3) is 6.04 Å². The van der Waals surface area contributed by atoms with E-state index < -0.39 is 35.0 Å². The van der Waals surface area contributed by atoms with Crippen LogP contribution in [0.5, 0.6) is 11.5 Å². The molecular formula is C26H21BrN2O5. The van der Waals surface area contributed by atoms with Crippen molar-refractivity contribution in [3.63, 3.8) is 0 Å². The van der Waals surface area contributed by atoms with Crippen LogP contribution in [0.15, 0.2) is 71.5 Å². The lowest BCUT2D eigenvalue weighted by atomic mass is 9.70. The van der Waals surface area contributed by atoms with E-state index >= 15 is 0 Å². The van der Waals surface area contributed by atoms with Crippen LogP contribution in [0.3, 0.4) is 0 Å². The smallest absolute Gasteiger partial charge is 0.317 e. The molecule has 5 rings (SSSR count). The molecule has 34 heavy (non-hydrogen) atoms. The summed E-state index contributed by atoms with van der Waals surface area (Å²) >= 11 is 3.46. The number of hydrogen-bond donors (Lipinski definition) is 1. The Hall–Kier alpha value is -3.41. The number of methoxy groups -OCH3 is 2. The molecule has 0 unspecified atom stereocenters. The van der Waals surface area contributed by atoms with Gasteiger partial charge >= 0.3 is 5.97 Å². The van der Waals surface area contributed by atoms with Gasteiger partial charge in [-0.05, 0) is 23.3 Å². The molecule has 0 bridgehead atoms. The first-order valence-corrected chi connectivity index (χ1v) is 11.4. The van der Waals surface area contributed by atoms with Gasteiger partial charge in [-0.3, -0.25) is 9.78 Å². The number of esters is 1. The first kappa shape index (κ1) is 22.4. The molecule has 3 aromatic rings. The molecule has 1 N–H and O–H groups in total. The van der Waals surface area contributed by atoms with Crippen LogP contribution in [0.25, 0.3) is 4.85 Å². The Morgan fingerprint density at radius 1 is 1.15 bits per heavy atom. The van der Waals surface area contributed by atoms with Gasteiger partial charge in [0.15, 0.2) is 5.60 Å². The molecule has 5 atom stereocenters. The number of hydrogen-bond acceptors (Lipinski definition) is 6. The first-order valence-electron chi connectivity index (χ1n) is 10.6. The molecular weight excluding hydrogens is 500 g/mol. The van der Waals surface area contributed by atoms with Gasteiger partial charge in [-0.2, -0.15) is 0 Å². The molecule has 0 amide bonds. The molecule has 2 heterocycles. The third-order valence-electron chi connectivity index (χ3n) is 6.92. The molecule has 1 fully saturated rings. The standard InChI is InChI=1S/C26H21BrN2O5/c1-28-23-20(24(30)33-3)21(15-7-5-4-6-8-15)26(16-9-11-17(27)12-10-16)25(23,31)22-18(32-2)13-29-14-19(22)34-26/h4-14,20-21,23,31H,2-3H3/t20-,21-,23+,25+,26+/m1/s1. The summed E-state index contributed by atoms with van der Waals surface area (Å²) in [5, 5.41) is 12.7. The van der Waals surface area contributed by atoms with Gasteiger partial charge in [0, 0.05) is 4.47 Å². The van der Waals surface area contributed by atoms with Gasteiger partial charge < -0.3 is 24.2 Å². The van der Waals surface area contributed by atoms with E-state index in [1.54, 1.807) is 0 Å². The fourth-order valence-electron chi connectivity index (χ4n) is 5.66. The van der Waals surface area contributed by atoms with Gasteiger partial charge in [0.05, 0.1) is 38.1 Å². The Kier molecular flexibility index (Phi) is 5.34. The Balaban J connectivity index is 1.92. The van der Waals surface area contributed by atoms with E-state index in [1.807, 2.05) is 54.6 Å². The molecule has 172 valence electrons. The number of ether oxygens (including phenoxy) is 3. The van der Waals surface area contributed by atoms with E-state index in [9.17, 15) is 9.90 Å². The first-order chi connectivity index (χ1) is 16.4. The van der Waals surface area contributed by atoms with Crippen molar-refractivity contribution in [3.05, 3.63) is 99.6 Å². The third kappa shape index (κ3) is 2.77. The van der Waals surface area contributed by atoms with Crippen LogP contribution < -0.4 is 9.47 Å². The number of pyridine rings is 1. The van der Waals surface area contributed by atoms with Gasteiger partial charge in [-0.15, -0.1) is 0 Å². The maximum absolute atomic E-state index is 13.3. The van der Waals surface area contributed by atoms with Crippen molar-refractivity contribution in [1.82, 2.24) is 4.98 Å². The van der Waals surface area contributed by atoms with Crippen LogP contribution in [0, 0.1) is 12.5 Å². The van der Waals surface area contributed by atoms with Crippen molar-refractivity contribution in [2.75, 3.05) is 14.2 Å². The SMILES string of the molecule is [C-]#[N+][C@H]1[C@H](C(=O)OC)[C@@H](c2ccccc2)[C@]2(c3ccc(Br)cc3)Oc3cncc(OC)c3[C@]12O. The number of aliphatic hydroxyl groups is 1. The predicted octanol–water partition coefficient (Wildman–Crippen LogP) is 4.20. The number of rotatable bonds is 4.